The van der Waals surface area contributed by atoms with Crippen molar-refractivity contribution in [2.45, 2.75) is 105 Å². The molecule has 0 amide bonds. The van der Waals surface area contributed by atoms with Crippen molar-refractivity contribution in [1.82, 2.24) is 19.6 Å². The van der Waals surface area contributed by atoms with E-state index in [0.29, 0.717) is 51.4 Å². The van der Waals surface area contributed by atoms with Crippen LogP contribution < -0.4 is 0 Å². The minimum Gasteiger partial charge on any atom is -0.481 e. The van der Waals surface area contributed by atoms with Gasteiger partial charge in [-0.05, 0) is 73.4 Å². The van der Waals surface area contributed by atoms with Crippen LogP contribution in [0.1, 0.15) is 79.9 Å². The van der Waals surface area contributed by atoms with Crippen LogP contribution in [-0.4, -0.2) is 148 Å². The van der Waals surface area contributed by atoms with Crippen LogP contribution in [0, 0.1) is 0 Å². The van der Waals surface area contributed by atoms with Crippen molar-refractivity contribution in [2.75, 3.05) is 65.4 Å². The number of rotatable bonds is 12. The summed E-state index contributed by atoms with van der Waals surface area (Å²) in [5.74, 6) is -3.32. The lowest BCUT2D eigenvalue weighted by Gasteiger charge is -2.38. The van der Waals surface area contributed by atoms with E-state index in [0.717, 1.165) is 5.56 Å². The van der Waals surface area contributed by atoms with E-state index in [1.807, 2.05) is 26.8 Å². The fourth-order valence-corrected chi connectivity index (χ4v) is 5.66. The van der Waals surface area contributed by atoms with Gasteiger partial charge >= 0.3 is 29.8 Å². The maximum atomic E-state index is 13.2. The molecule has 0 aliphatic carbocycles. The summed E-state index contributed by atoms with van der Waals surface area (Å²) < 4.78 is 16.9. The Hall–Kier alpha value is -3.59. The number of carbonyl (C=O) groups is 5. The maximum Gasteiger partial charge on any atom is 0.320 e. The fraction of sp³-hybridized carbons (Fsp3) is 0.703. The molecule has 0 aromatic heterocycles. The van der Waals surface area contributed by atoms with E-state index >= 15 is 0 Å². The zero-order valence-electron chi connectivity index (χ0n) is 32.0. The SMILES string of the molecule is CC(C)(C)OC(=O)CN1CCN(Cc2ccc(CC(=O)O)cc2)CCN(CC(=O)OC(C)(C)C)C(CC(=O)O)CN(CC(=O)OC(C)(C)C)CC1. The highest BCUT2D eigenvalue weighted by Gasteiger charge is 2.31. The van der Waals surface area contributed by atoms with Gasteiger partial charge in [0.05, 0.1) is 32.5 Å². The first-order valence-electron chi connectivity index (χ1n) is 17.5. The molecule has 1 aliphatic heterocycles. The van der Waals surface area contributed by atoms with E-state index in [9.17, 15) is 34.2 Å². The first-order valence-corrected chi connectivity index (χ1v) is 17.5. The van der Waals surface area contributed by atoms with Gasteiger partial charge in [0, 0.05) is 58.4 Å². The predicted octanol–water partition coefficient (Wildman–Crippen LogP) is 2.90. The normalized spacial score (nSPS) is 18.3. The van der Waals surface area contributed by atoms with Gasteiger partial charge < -0.3 is 24.4 Å². The first kappa shape index (κ1) is 43.6. The van der Waals surface area contributed by atoms with E-state index in [1.165, 1.54) is 0 Å². The monoisotopic (exact) mass is 720 g/mol. The minimum absolute atomic E-state index is 0.0125. The molecule has 14 nitrogen and oxygen atoms in total. The maximum absolute atomic E-state index is 13.2. The highest BCUT2D eigenvalue weighted by molar-refractivity contribution is 5.73. The molecular weight excluding hydrogens is 660 g/mol. The molecule has 0 radical (unpaired) electrons. The van der Waals surface area contributed by atoms with Crippen molar-refractivity contribution >= 4 is 29.8 Å². The lowest BCUT2D eigenvalue weighted by molar-refractivity contribution is -0.159. The van der Waals surface area contributed by atoms with Crippen molar-refractivity contribution in [3.8, 4) is 0 Å². The number of carboxylic acids is 2. The van der Waals surface area contributed by atoms with Gasteiger partial charge in [-0.1, -0.05) is 24.3 Å². The van der Waals surface area contributed by atoms with E-state index < -0.39 is 46.7 Å². The average molecular weight is 721 g/mol. The molecule has 0 saturated carbocycles. The molecule has 0 bridgehead atoms. The molecule has 288 valence electrons. The van der Waals surface area contributed by atoms with Crippen LogP contribution in [-0.2, 0) is 51.1 Å². The number of nitrogens with zero attached hydrogens (tertiary/aromatic N) is 4. The van der Waals surface area contributed by atoms with Crippen molar-refractivity contribution < 1.29 is 48.4 Å². The molecule has 51 heavy (non-hydrogen) atoms. The number of hydrogen-bond acceptors (Lipinski definition) is 12. The number of aliphatic carboxylic acids is 2. The number of benzene rings is 1. The molecule has 1 aromatic carbocycles. The number of esters is 3. The number of carbonyl (C=O) groups excluding carboxylic acids is 3. The summed E-state index contributed by atoms with van der Waals surface area (Å²) in [5, 5.41) is 19.2. The summed E-state index contributed by atoms with van der Waals surface area (Å²) in [6, 6.07) is 6.66. The summed E-state index contributed by atoms with van der Waals surface area (Å²) in [6.07, 6.45) is -0.376. The molecule has 1 unspecified atom stereocenters. The largest absolute Gasteiger partial charge is 0.481 e. The first-order chi connectivity index (χ1) is 23.5. The van der Waals surface area contributed by atoms with Crippen LogP contribution in [0.15, 0.2) is 24.3 Å². The summed E-state index contributed by atoms with van der Waals surface area (Å²) in [6.45, 7) is 18.8. The number of ether oxygens (including phenoxy) is 3. The fourth-order valence-electron chi connectivity index (χ4n) is 5.66. The second-order valence-electron chi connectivity index (χ2n) is 16.2. The van der Waals surface area contributed by atoms with Gasteiger partial charge in [0.25, 0.3) is 0 Å². The van der Waals surface area contributed by atoms with Gasteiger partial charge in [-0.2, -0.15) is 0 Å². The Kier molecular flexibility index (Phi) is 16.5. The second-order valence-corrected chi connectivity index (χ2v) is 16.2. The van der Waals surface area contributed by atoms with Crippen LogP contribution in [0.3, 0.4) is 0 Å². The average Bonchev–Trinajstić information content (AvgIpc) is 2.92. The molecular formula is C37H60N4O10. The Balaban J connectivity index is 2.50. The highest BCUT2D eigenvalue weighted by atomic mass is 16.6. The van der Waals surface area contributed by atoms with Gasteiger partial charge in [0.1, 0.15) is 16.8 Å². The van der Waals surface area contributed by atoms with Crippen molar-refractivity contribution in [1.29, 1.82) is 0 Å². The Bertz CT molecular complexity index is 1310. The van der Waals surface area contributed by atoms with Crippen LogP contribution in [0.5, 0.6) is 0 Å². The van der Waals surface area contributed by atoms with Gasteiger partial charge in [-0.25, -0.2) is 0 Å². The van der Waals surface area contributed by atoms with Gasteiger partial charge in [0.2, 0.25) is 0 Å². The lowest BCUT2D eigenvalue weighted by Crippen LogP contribution is -2.53. The Morgan fingerprint density at radius 2 is 1.00 bits per heavy atom. The predicted molar refractivity (Wildman–Crippen MR) is 191 cm³/mol. The highest BCUT2D eigenvalue weighted by Crippen LogP contribution is 2.16. The zero-order chi connectivity index (χ0) is 38.6. The zero-order valence-corrected chi connectivity index (χ0v) is 32.0. The third-order valence-electron chi connectivity index (χ3n) is 7.65. The van der Waals surface area contributed by atoms with Crippen LogP contribution in [0.4, 0.5) is 0 Å². The molecule has 1 atom stereocenters. The summed E-state index contributed by atoms with van der Waals surface area (Å²) in [5.41, 5.74) is -0.522. The topological polar surface area (TPSA) is 166 Å². The number of hydrogen-bond donors (Lipinski definition) is 2. The molecule has 1 heterocycles. The van der Waals surface area contributed by atoms with E-state index in [1.54, 1.807) is 74.4 Å². The van der Waals surface area contributed by atoms with Crippen LogP contribution in [0.25, 0.3) is 0 Å². The van der Waals surface area contributed by atoms with E-state index in [-0.39, 0.29) is 45.0 Å². The number of carboxylic acid groups (broad SMARTS) is 2. The van der Waals surface area contributed by atoms with E-state index in [2.05, 4.69) is 4.90 Å². The summed E-state index contributed by atoms with van der Waals surface area (Å²) in [4.78, 5) is 70.4. The molecule has 2 N–H and O–H groups in total. The third kappa shape index (κ3) is 19.6. The van der Waals surface area contributed by atoms with Crippen molar-refractivity contribution in [3.05, 3.63) is 35.4 Å². The van der Waals surface area contributed by atoms with Crippen molar-refractivity contribution in [2.24, 2.45) is 0 Å². The smallest absolute Gasteiger partial charge is 0.320 e. The van der Waals surface area contributed by atoms with Gasteiger partial charge in [-0.15, -0.1) is 0 Å². The van der Waals surface area contributed by atoms with Crippen LogP contribution >= 0.6 is 0 Å². The Morgan fingerprint density at radius 3 is 1.47 bits per heavy atom. The molecule has 14 heteroatoms. The molecule has 1 fully saturated rings. The molecule has 1 aromatic rings. The third-order valence-corrected chi connectivity index (χ3v) is 7.65. The lowest BCUT2D eigenvalue weighted by atomic mass is 10.1. The second kappa shape index (κ2) is 19.3. The van der Waals surface area contributed by atoms with Crippen molar-refractivity contribution in [3.63, 3.8) is 0 Å². The van der Waals surface area contributed by atoms with Gasteiger partial charge in [-0.3, -0.25) is 43.6 Å². The standard InChI is InChI=1S/C37H60N4O10/c1-35(2,3)49-32(46)24-39-15-14-38(22-28-12-10-27(11-13-28)20-30(42)43)18-19-41(26-34(48)51-37(7,8)9)29(21-31(44)45)23-40(17-16-39)25-33(47)50-36(4,5)6/h10-13,29H,14-26H2,1-9H3,(H,42,43)(H,44,45). The molecule has 1 saturated heterocycles. The Labute approximate surface area is 303 Å². The van der Waals surface area contributed by atoms with Gasteiger partial charge in [0.15, 0.2) is 0 Å². The minimum atomic E-state index is -1.05. The molecule has 0 spiro atoms. The van der Waals surface area contributed by atoms with E-state index in [4.69, 9.17) is 14.2 Å². The summed E-state index contributed by atoms with van der Waals surface area (Å²) in [7, 11) is 0. The van der Waals surface area contributed by atoms with Crippen LogP contribution in [0.2, 0.25) is 0 Å². The Morgan fingerprint density at radius 1 is 0.588 bits per heavy atom. The molecule has 1 aliphatic rings. The summed E-state index contributed by atoms with van der Waals surface area (Å²) >= 11 is 0. The quantitative estimate of drug-likeness (QED) is 0.239. The molecule has 2 rings (SSSR count).